The van der Waals surface area contributed by atoms with E-state index in [1.54, 1.807) is 24.3 Å². The maximum absolute atomic E-state index is 13.7. The number of halogens is 3. The lowest BCUT2D eigenvalue weighted by molar-refractivity contribution is -0.105. The summed E-state index contributed by atoms with van der Waals surface area (Å²) in [5.74, 6) is -0.266. The fourth-order valence-corrected chi connectivity index (χ4v) is 4.03. The molecule has 6 heteroatoms. The van der Waals surface area contributed by atoms with E-state index in [0.29, 0.717) is 34.9 Å². The van der Waals surface area contributed by atoms with E-state index in [2.05, 4.69) is 0 Å². The minimum absolute atomic E-state index is 0.00421. The van der Waals surface area contributed by atoms with Crippen LogP contribution in [0.15, 0.2) is 58.7 Å². The molecule has 0 heterocycles. The molecule has 0 spiro atoms. The van der Waals surface area contributed by atoms with E-state index < -0.39 is 0 Å². The molecule has 2 aromatic carbocycles. The fourth-order valence-electron chi connectivity index (χ4n) is 3.57. The van der Waals surface area contributed by atoms with Crippen LogP contribution < -0.4 is 5.73 Å². The van der Waals surface area contributed by atoms with Crippen LogP contribution in [0.2, 0.25) is 10.0 Å². The molecule has 1 unspecified atom stereocenters. The van der Waals surface area contributed by atoms with Gasteiger partial charge in [-0.25, -0.2) is 4.39 Å². The van der Waals surface area contributed by atoms with E-state index in [4.69, 9.17) is 33.9 Å². The molecule has 3 nitrogen and oxygen atoms in total. The van der Waals surface area contributed by atoms with Crippen molar-refractivity contribution in [2.45, 2.75) is 32.1 Å². The van der Waals surface area contributed by atoms with Crippen molar-refractivity contribution < 1.29 is 9.18 Å². The summed E-state index contributed by atoms with van der Waals surface area (Å²) in [6, 6.07) is 11.7. The molecule has 0 radical (unpaired) electrons. The summed E-state index contributed by atoms with van der Waals surface area (Å²) in [5.41, 5.74) is 9.16. The summed E-state index contributed by atoms with van der Waals surface area (Å²) in [7, 11) is 0. The molecule has 28 heavy (non-hydrogen) atoms. The number of carbonyl (C=O) groups is 1. The standard InChI is InChI=1S/C22H21Cl2FN2O/c23-16-8-9-21(19(24)12-16)27-22-15(10-14-4-3-6-17(25)11-14)5-1-2-7-18(22)20(26)13-28/h3-4,6,8-9,11-13,15H,1-2,5,7,10,26H2/b20-18-,27-22?. The third-order valence-electron chi connectivity index (χ3n) is 4.92. The quantitative estimate of drug-likeness (QED) is 0.373. The molecular formula is C22H21Cl2FN2O. The summed E-state index contributed by atoms with van der Waals surface area (Å²) >= 11 is 12.3. The largest absolute Gasteiger partial charge is 0.396 e. The van der Waals surface area contributed by atoms with Crippen molar-refractivity contribution in [1.29, 1.82) is 0 Å². The summed E-state index contributed by atoms with van der Waals surface area (Å²) in [6.07, 6.45) is 4.71. The Kier molecular flexibility index (Phi) is 6.87. The first-order valence-corrected chi connectivity index (χ1v) is 9.95. The molecule has 0 amide bonds. The van der Waals surface area contributed by atoms with Gasteiger partial charge in [0.15, 0.2) is 6.29 Å². The van der Waals surface area contributed by atoms with Crippen LogP contribution in [0.5, 0.6) is 0 Å². The zero-order valence-electron chi connectivity index (χ0n) is 15.3. The molecule has 0 saturated heterocycles. The maximum atomic E-state index is 13.7. The third-order valence-corrected chi connectivity index (χ3v) is 5.46. The number of rotatable bonds is 4. The number of hydrogen-bond acceptors (Lipinski definition) is 3. The van der Waals surface area contributed by atoms with Gasteiger partial charge in [0.25, 0.3) is 0 Å². The van der Waals surface area contributed by atoms with Crippen molar-refractivity contribution in [1.82, 2.24) is 0 Å². The highest BCUT2D eigenvalue weighted by Gasteiger charge is 2.25. The zero-order chi connectivity index (χ0) is 20.1. The van der Waals surface area contributed by atoms with Crippen LogP contribution in [0.3, 0.4) is 0 Å². The third kappa shape index (κ3) is 5.00. The normalized spacial score (nSPS) is 20.7. The molecule has 2 N–H and O–H groups in total. The highest BCUT2D eigenvalue weighted by Crippen LogP contribution is 2.34. The van der Waals surface area contributed by atoms with Gasteiger partial charge >= 0.3 is 0 Å². The number of nitrogens with zero attached hydrogens (tertiary/aromatic N) is 1. The second-order valence-electron chi connectivity index (χ2n) is 6.92. The van der Waals surface area contributed by atoms with Crippen molar-refractivity contribution in [3.05, 3.63) is 75.2 Å². The van der Waals surface area contributed by atoms with Crippen molar-refractivity contribution >= 4 is 40.9 Å². The van der Waals surface area contributed by atoms with E-state index in [9.17, 15) is 9.18 Å². The number of aliphatic imine (C=N–C) groups is 1. The molecule has 0 aromatic heterocycles. The minimum Gasteiger partial charge on any atom is -0.396 e. The van der Waals surface area contributed by atoms with Crippen LogP contribution in [0.1, 0.15) is 31.2 Å². The molecule has 146 valence electrons. The molecule has 0 aliphatic heterocycles. The molecule has 1 aliphatic rings. The molecular weight excluding hydrogens is 398 g/mol. The predicted molar refractivity (Wildman–Crippen MR) is 113 cm³/mol. The Hall–Kier alpha value is -2.17. The molecule has 1 atom stereocenters. The Morgan fingerprint density at radius 1 is 1.21 bits per heavy atom. The Balaban J connectivity index is 2.08. The van der Waals surface area contributed by atoms with Gasteiger partial charge in [-0.3, -0.25) is 9.79 Å². The molecule has 2 aromatic rings. The number of allylic oxidation sites excluding steroid dienone is 2. The van der Waals surface area contributed by atoms with Gasteiger partial charge in [0.2, 0.25) is 0 Å². The van der Waals surface area contributed by atoms with Crippen LogP contribution >= 0.6 is 23.2 Å². The summed E-state index contributed by atoms with van der Waals surface area (Å²) in [6.45, 7) is 0. The molecule has 1 aliphatic carbocycles. The highest BCUT2D eigenvalue weighted by atomic mass is 35.5. The number of nitrogens with two attached hydrogens (primary N) is 1. The Bertz CT molecular complexity index is 940. The van der Waals surface area contributed by atoms with Gasteiger partial charge in [0.1, 0.15) is 5.82 Å². The second-order valence-corrected chi connectivity index (χ2v) is 7.76. The van der Waals surface area contributed by atoms with E-state index >= 15 is 0 Å². The fraction of sp³-hybridized carbons (Fsp3) is 0.273. The summed E-state index contributed by atoms with van der Waals surface area (Å²) in [5, 5.41) is 0.951. The lowest BCUT2D eigenvalue weighted by Crippen LogP contribution is -2.21. The average Bonchev–Trinajstić information content (AvgIpc) is 2.86. The number of benzene rings is 2. The van der Waals surface area contributed by atoms with Gasteiger partial charge in [-0.15, -0.1) is 0 Å². The highest BCUT2D eigenvalue weighted by molar-refractivity contribution is 6.36. The van der Waals surface area contributed by atoms with Gasteiger partial charge in [0.05, 0.1) is 16.4 Å². The van der Waals surface area contributed by atoms with Crippen LogP contribution in [0.25, 0.3) is 0 Å². The van der Waals surface area contributed by atoms with Crippen molar-refractivity contribution in [2.75, 3.05) is 0 Å². The topological polar surface area (TPSA) is 55.5 Å². The molecule has 1 fully saturated rings. The van der Waals surface area contributed by atoms with Crippen LogP contribution in [-0.4, -0.2) is 12.0 Å². The van der Waals surface area contributed by atoms with Crippen molar-refractivity contribution in [3.63, 3.8) is 0 Å². The lowest BCUT2D eigenvalue weighted by Gasteiger charge is -2.20. The minimum atomic E-state index is -0.270. The average molecular weight is 419 g/mol. The number of hydrogen-bond donors (Lipinski definition) is 1. The van der Waals surface area contributed by atoms with Crippen molar-refractivity contribution in [3.8, 4) is 0 Å². The van der Waals surface area contributed by atoms with Gasteiger partial charge < -0.3 is 5.73 Å². The van der Waals surface area contributed by atoms with Gasteiger partial charge in [0, 0.05) is 22.2 Å². The van der Waals surface area contributed by atoms with Gasteiger partial charge in [-0.1, -0.05) is 41.8 Å². The summed E-state index contributed by atoms with van der Waals surface area (Å²) in [4.78, 5) is 16.2. The predicted octanol–water partition coefficient (Wildman–Crippen LogP) is 6.05. The van der Waals surface area contributed by atoms with Crippen molar-refractivity contribution in [2.24, 2.45) is 16.6 Å². The molecule has 0 bridgehead atoms. The van der Waals surface area contributed by atoms with Gasteiger partial charge in [-0.05, 0) is 61.6 Å². The summed E-state index contributed by atoms with van der Waals surface area (Å²) < 4.78 is 13.7. The van der Waals surface area contributed by atoms with E-state index in [0.717, 1.165) is 36.1 Å². The lowest BCUT2D eigenvalue weighted by atomic mass is 9.88. The first kappa shape index (κ1) is 20.6. The van der Waals surface area contributed by atoms with Gasteiger partial charge in [-0.2, -0.15) is 0 Å². The SMILES string of the molecule is N/C(C=O)=C1/CCCCC(Cc2cccc(F)c2)C1=Nc1ccc(Cl)cc1Cl. The molecule has 1 saturated carbocycles. The number of aldehydes is 1. The van der Waals surface area contributed by atoms with Crippen LogP contribution in [-0.2, 0) is 11.2 Å². The Morgan fingerprint density at radius 2 is 2.04 bits per heavy atom. The first-order chi connectivity index (χ1) is 13.5. The van der Waals surface area contributed by atoms with Crippen LogP contribution in [0, 0.1) is 11.7 Å². The maximum Gasteiger partial charge on any atom is 0.166 e. The van der Waals surface area contributed by atoms with Crippen LogP contribution in [0.4, 0.5) is 10.1 Å². The second kappa shape index (κ2) is 9.35. The smallest absolute Gasteiger partial charge is 0.166 e. The number of carbonyl (C=O) groups excluding carboxylic acids is 1. The van der Waals surface area contributed by atoms with E-state index in [1.807, 2.05) is 6.07 Å². The van der Waals surface area contributed by atoms with E-state index in [-0.39, 0.29) is 17.4 Å². The first-order valence-electron chi connectivity index (χ1n) is 9.20. The Morgan fingerprint density at radius 3 is 2.75 bits per heavy atom. The zero-order valence-corrected chi connectivity index (χ0v) is 16.8. The monoisotopic (exact) mass is 418 g/mol. The molecule has 3 rings (SSSR count). The van der Waals surface area contributed by atoms with E-state index in [1.165, 1.54) is 12.1 Å². The Labute approximate surface area is 174 Å².